The molecule has 0 N–H and O–H groups in total. The maximum absolute atomic E-state index is 3.73. The van der Waals surface area contributed by atoms with E-state index in [2.05, 4.69) is 15.9 Å². The third-order valence-electron chi connectivity index (χ3n) is 2.14. The Morgan fingerprint density at radius 2 is 1.38 bits per heavy atom. The van der Waals surface area contributed by atoms with Gasteiger partial charge in [-0.2, -0.15) is 0 Å². The SMILES string of the molecule is BrC(C1CC1)C1CC1. The summed E-state index contributed by atoms with van der Waals surface area (Å²) in [4.78, 5) is 0.905. The molecule has 2 rings (SSSR count). The highest BCUT2D eigenvalue weighted by Crippen LogP contribution is 2.48. The van der Waals surface area contributed by atoms with Crippen molar-refractivity contribution in [2.45, 2.75) is 30.5 Å². The van der Waals surface area contributed by atoms with Crippen molar-refractivity contribution in [2.75, 3.05) is 0 Å². The van der Waals surface area contributed by atoms with Crippen molar-refractivity contribution < 1.29 is 0 Å². The molecule has 0 unspecified atom stereocenters. The van der Waals surface area contributed by atoms with Crippen molar-refractivity contribution >= 4 is 15.9 Å². The average Bonchev–Trinajstić information content (AvgIpc) is 2.63. The minimum Gasteiger partial charge on any atom is -0.0885 e. The maximum Gasteiger partial charge on any atom is 0.0202 e. The molecule has 2 aliphatic carbocycles. The molecule has 2 saturated carbocycles. The molecule has 0 radical (unpaired) electrons. The largest absolute Gasteiger partial charge is 0.0885 e. The minimum absolute atomic E-state index is 0.905. The molecule has 46 valence electrons. The topological polar surface area (TPSA) is 0 Å². The summed E-state index contributed by atoms with van der Waals surface area (Å²) in [6.07, 6.45) is 5.97. The molecule has 0 aliphatic heterocycles. The summed E-state index contributed by atoms with van der Waals surface area (Å²) in [5.41, 5.74) is 0. The predicted molar refractivity (Wildman–Crippen MR) is 38.2 cm³/mol. The minimum atomic E-state index is 0.905. The zero-order valence-electron chi connectivity index (χ0n) is 4.94. The van der Waals surface area contributed by atoms with Gasteiger partial charge >= 0.3 is 0 Å². The predicted octanol–water partition coefficient (Wildman–Crippen LogP) is 2.57. The average molecular weight is 175 g/mol. The molecule has 0 amide bonds. The molecule has 0 nitrogen and oxygen atoms in total. The van der Waals surface area contributed by atoms with E-state index in [9.17, 15) is 0 Å². The second-order valence-electron chi connectivity index (χ2n) is 3.12. The van der Waals surface area contributed by atoms with Gasteiger partial charge in [0.1, 0.15) is 0 Å². The first kappa shape index (κ1) is 5.28. The van der Waals surface area contributed by atoms with Gasteiger partial charge in [-0.05, 0) is 37.5 Å². The summed E-state index contributed by atoms with van der Waals surface area (Å²) >= 11 is 3.73. The Balaban J connectivity index is 1.84. The molecule has 0 spiro atoms. The molecule has 0 aromatic carbocycles. The molecular weight excluding hydrogens is 164 g/mol. The molecule has 2 aliphatic rings. The Morgan fingerprint density at radius 3 is 1.62 bits per heavy atom. The van der Waals surface area contributed by atoms with Crippen molar-refractivity contribution in [1.29, 1.82) is 0 Å². The highest BCUT2D eigenvalue weighted by molar-refractivity contribution is 9.09. The van der Waals surface area contributed by atoms with Crippen LogP contribution in [0.3, 0.4) is 0 Å². The Bertz CT molecular complexity index is 80.6. The highest BCUT2D eigenvalue weighted by Gasteiger charge is 2.39. The van der Waals surface area contributed by atoms with Crippen molar-refractivity contribution in [2.24, 2.45) is 11.8 Å². The fourth-order valence-electron chi connectivity index (χ4n) is 1.21. The van der Waals surface area contributed by atoms with Crippen molar-refractivity contribution in [3.63, 3.8) is 0 Å². The Morgan fingerprint density at radius 1 is 1.00 bits per heavy atom. The number of alkyl halides is 1. The van der Waals surface area contributed by atoms with E-state index in [4.69, 9.17) is 0 Å². The molecule has 2 fully saturated rings. The lowest BCUT2D eigenvalue weighted by atomic mass is 10.2. The fourth-order valence-corrected chi connectivity index (χ4v) is 2.27. The molecule has 0 heterocycles. The van der Waals surface area contributed by atoms with Gasteiger partial charge in [-0.3, -0.25) is 0 Å². The van der Waals surface area contributed by atoms with E-state index in [0.29, 0.717) is 0 Å². The number of hydrogen-bond acceptors (Lipinski definition) is 0. The van der Waals surface area contributed by atoms with Crippen LogP contribution < -0.4 is 0 Å². The molecule has 0 aromatic rings. The van der Waals surface area contributed by atoms with Crippen LogP contribution in [0.4, 0.5) is 0 Å². The van der Waals surface area contributed by atoms with Crippen molar-refractivity contribution in [3.8, 4) is 0 Å². The molecule has 0 saturated heterocycles. The van der Waals surface area contributed by atoms with Crippen LogP contribution in [0.5, 0.6) is 0 Å². The molecule has 0 aromatic heterocycles. The second-order valence-corrected chi connectivity index (χ2v) is 4.18. The number of hydrogen-bond donors (Lipinski definition) is 0. The molecule has 8 heavy (non-hydrogen) atoms. The fraction of sp³-hybridized carbons (Fsp3) is 1.00. The van der Waals surface area contributed by atoms with E-state index in [1.807, 2.05) is 0 Å². The van der Waals surface area contributed by atoms with Gasteiger partial charge in [-0.25, -0.2) is 0 Å². The lowest BCUT2D eigenvalue weighted by molar-refractivity contribution is 0.685. The smallest absolute Gasteiger partial charge is 0.0202 e. The van der Waals surface area contributed by atoms with Gasteiger partial charge in [-0.15, -0.1) is 0 Å². The van der Waals surface area contributed by atoms with E-state index in [-0.39, 0.29) is 0 Å². The third kappa shape index (κ3) is 0.928. The van der Waals surface area contributed by atoms with Crippen LogP contribution in [0.15, 0.2) is 0 Å². The zero-order chi connectivity index (χ0) is 5.56. The molecule has 1 heteroatoms. The van der Waals surface area contributed by atoms with Gasteiger partial charge in [0.2, 0.25) is 0 Å². The van der Waals surface area contributed by atoms with Gasteiger partial charge in [0.05, 0.1) is 0 Å². The normalized spacial score (nSPS) is 29.2. The summed E-state index contributed by atoms with van der Waals surface area (Å²) in [6, 6.07) is 0. The Hall–Kier alpha value is 0.480. The summed E-state index contributed by atoms with van der Waals surface area (Å²) < 4.78 is 0. The van der Waals surface area contributed by atoms with Crippen LogP contribution in [0, 0.1) is 11.8 Å². The van der Waals surface area contributed by atoms with E-state index in [1.165, 1.54) is 25.7 Å². The quantitative estimate of drug-likeness (QED) is 0.565. The van der Waals surface area contributed by atoms with Gasteiger partial charge in [0, 0.05) is 4.83 Å². The van der Waals surface area contributed by atoms with E-state index in [1.54, 1.807) is 0 Å². The second kappa shape index (κ2) is 1.73. The first-order chi connectivity index (χ1) is 3.88. The van der Waals surface area contributed by atoms with Crippen LogP contribution in [0.1, 0.15) is 25.7 Å². The Kier molecular flexibility index (Phi) is 1.14. The van der Waals surface area contributed by atoms with Gasteiger partial charge in [0.15, 0.2) is 0 Å². The summed E-state index contributed by atoms with van der Waals surface area (Å²) in [5, 5.41) is 0. The summed E-state index contributed by atoms with van der Waals surface area (Å²) in [6.45, 7) is 0. The lowest BCUT2D eigenvalue weighted by Crippen LogP contribution is -2.01. The number of halogens is 1. The van der Waals surface area contributed by atoms with Crippen LogP contribution in [0.25, 0.3) is 0 Å². The lowest BCUT2D eigenvalue weighted by Gasteiger charge is -2.02. The van der Waals surface area contributed by atoms with Crippen molar-refractivity contribution in [1.82, 2.24) is 0 Å². The zero-order valence-corrected chi connectivity index (χ0v) is 6.52. The van der Waals surface area contributed by atoms with Crippen LogP contribution in [0.2, 0.25) is 0 Å². The molecular formula is C7H11Br. The van der Waals surface area contributed by atoms with Crippen LogP contribution in [-0.4, -0.2) is 4.83 Å². The van der Waals surface area contributed by atoms with Gasteiger partial charge in [-0.1, -0.05) is 15.9 Å². The van der Waals surface area contributed by atoms with Crippen molar-refractivity contribution in [3.05, 3.63) is 0 Å². The molecule has 0 atom stereocenters. The highest BCUT2D eigenvalue weighted by atomic mass is 79.9. The molecule has 0 bridgehead atoms. The standard InChI is InChI=1S/C7H11Br/c8-7(5-1-2-5)6-3-4-6/h5-7H,1-4H2. The maximum atomic E-state index is 3.73. The van der Waals surface area contributed by atoms with Gasteiger partial charge < -0.3 is 0 Å². The first-order valence-electron chi connectivity index (χ1n) is 3.52. The summed E-state index contributed by atoms with van der Waals surface area (Å²) in [7, 11) is 0. The van der Waals surface area contributed by atoms with E-state index >= 15 is 0 Å². The van der Waals surface area contributed by atoms with Crippen LogP contribution in [-0.2, 0) is 0 Å². The van der Waals surface area contributed by atoms with E-state index in [0.717, 1.165) is 16.7 Å². The third-order valence-corrected chi connectivity index (χ3v) is 3.64. The Labute approximate surface area is 58.8 Å². The number of rotatable bonds is 2. The van der Waals surface area contributed by atoms with E-state index < -0.39 is 0 Å². The first-order valence-corrected chi connectivity index (χ1v) is 4.43. The summed E-state index contributed by atoms with van der Waals surface area (Å²) in [5.74, 6) is 2.14. The monoisotopic (exact) mass is 174 g/mol. The van der Waals surface area contributed by atoms with Crippen LogP contribution >= 0.6 is 15.9 Å². The van der Waals surface area contributed by atoms with Gasteiger partial charge in [0.25, 0.3) is 0 Å².